The van der Waals surface area contributed by atoms with Crippen molar-refractivity contribution in [3.05, 3.63) is 118 Å². The van der Waals surface area contributed by atoms with Crippen molar-refractivity contribution in [3.8, 4) is 0 Å². The van der Waals surface area contributed by atoms with Crippen LogP contribution in [0, 0.1) is 0 Å². The number of amides is 4. The molecule has 42 heavy (non-hydrogen) atoms. The Morgan fingerprint density at radius 2 is 0.810 bits per heavy atom. The Labute approximate surface area is 242 Å². The summed E-state index contributed by atoms with van der Waals surface area (Å²) >= 11 is 0. The van der Waals surface area contributed by atoms with Crippen molar-refractivity contribution in [1.29, 1.82) is 0 Å². The summed E-state index contributed by atoms with van der Waals surface area (Å²) in [4.78, 5) is 72.3. The zero-order valence-corrected chi connectivity index (χ0v) is 23.4. The maximum atomic E-state index is 13.5. The van der Waals surface area contributed by atoms with E-state index in [-0.39, 0.29) is 33.4 Å². The van der Waals surface area contributed by atoms with Crippen molar-refractivity contribution < 1.29 is 24.0 Å². The predicted molar refractivity (Wildman–Crippen MR) is 160 cm³/mol. The van der Waals surface area contributed by atoms with Gasteiger partial charge in [-0.05, 0) is 72.8 Å². The largest absolute Gasteiger partial charge is 0.378 e. The van der Waals surface area contributed by atoms with Crippen LogP contribution in [0.5, 0.6) is 0 Å². The predicted octanol–water partition coefficient (Wildman–Crippen LogP) is 4.65. The highest BCUT2D eigenvalue weighted by atomic mass is 16.2. The quantitative estimate of drug-likeness (QED) is 0.251. The fourth-order valence-electron chi connectivity index (χ4n) is 5.20. The summed E-state index contributed by atoms with van der Waals surface area (Å²) in [5.74, 6) is -2.41. The molecule has 2 aliphatic rings. The van der Waals surface area contributed by atoms with E-state index in [0.717, 1.165) is 21.2 Å². The van der Waals surface area contributed by atoms with Crippen molar-refractivity contribution in [2.75, 3.05) is 47.8 Å². The molecule has 0 radical (unpaired) electrons. The number of fused-ring (bicyclic) bond motifs is 2. The SMILES string of the molecule is CN(C)c1ccc(N2C(=O)c3ccc(C(=O)c4ccc5c(c4)C(=O)N(c4ccc(N(C)C)cc4)C5=O)cc3C2=O)cc1. The summed E-state index contributed by atoms with van der Waals surface area (Å²) in [7, 11) is 7.57. The maximum absolute atomic E-state index is 13.5. The molecule has 0 N–H and O–H groups in total. The molecule has 0 saturated carbocycles. The van der Waals surface area contributed by atoms with Crippen LogP contribution in [0.4, 0.5) is 22.7 Å². The molecule has 0 atom stereocenters. The molecule has 0 spiro atoms. The van der Waals surface area contributed by atoms with Crippen molar-refractivity contribution in [1.82, 2.24) is 0 Å². The monoisotopic (exact) mass is 558 g/mol. The Morgan fingerprint density at radius 1 is 0.476 bits per heavy atom. The third-order valence-electron chi connectivity index (χ3n) is 7.55. The topological polar surface area (TPSA) is 98.3 Å². The van der Waals surface area contributed by atoms with Gasteiger partial charge in [-0.1, -0.05) is 12.1 Å². The number of imide groups is 2. The first kappa shape index (κ1) is 26.6. The molecule has 9 nitrogen and oxygen atoms in total. The third kappa shape index (κ3) is 4.14. The van der Waals surface area contributed by atoms with E-state index in [2.05, 4.69) is 0 Å². The molecule has 6 rings (SSSR count). The minimum absolute atomic E-state index is 0.127. The van der Waals surface area contributed by atoms with E-state index in [1.54, 1.807) is 24.3 Å². The summed E-state index contributed by atoms with van der Waals surface area (Å²) in [6.45, 7) is 0. The fourth-order valence-corrected chi connectivity index (χ4v) is 5.20. The highest BCUT2D eigenvalue weighted by Gasteiger charge is 2.39. The summed E-state index contributed by atoms with van der Waals surface area (Å²) in [5, 5.41) is 0. The van der Waals surface area contributed by atoms with Crippen LogP contribution in [-0.4, -0.2) is 57.6 Å². The lowest BCUT2D eigenvalue weighted by Crippen LogP contribution is -2.29. The Hall–Kier alpha value is -5.57. The van der Waals surface area contributed by atoms with Gasteiger partial charge in [0.05, 0.1) is 33.6 Å². The third-order valence-corrected chi connectivity index (χ3v) is 7.55. The summed E-state index contributed by atoms with van der Waals surface area (Å²) in [6.07, 6.45) is 0. The van der Waals surface area contributed by atoms with E-state index in [9.17, 15) is 24.0 Å². The maximum Gasteiger partial charge on any atom is 0.266 e. The van der Waals surface area contributed by atoms with Crippen LogP contribution in [0.2, 0.25) is 0 Å². The first-order chi connectivity index (χ1) is 20.1. The second-order valence-electron chi connectivity index (χ2n) is 10.6. The molecule has 4 aromatic carbocycles. The standard InChI is InChI=1S/C33H26N4O5/c1-34(2)21-7-11-23(12-8-21)36-30(39)25-15-5-19(17-27(25)32(36)41)29(38)20-6-16-26-28(18-20)33(42)37(31(26)40)24-13-9-22(10-14-24)35(3)4/h5-18H,1-4H3. The van der Waals surface area contributed by atoms with Crippen molar-refractivity contribution in [2.24, 2.45) is 0 Å². The number of anilines is 4. The average molecular weight is 559 g/mol. The minimum atomic E-state index is -0.520. The highest BCUT2D eigenvalue weighted by molar-refractivity contribution is 6.36. The van der Waals surface area contributed by atoms with Gasteiger partial charge in [-0.25, -0.2) is 9.80 Å². The minimum Gasteiger partial charge on any atom is -0.378 e. The van der Waals surface area contributed by atoms with Crippen LogP contribution in [-0.2, 0) is 0 Å². The molecule has 2 aliphatic heterocycles. The van der Waals surface area contributed by atoms with E-state index < -0.39 is 29.4 Å². The van der Waals surface area contributed by atoms with Crippen LogP contribution in [0.3, 0.4) is 0 Å². The zero-order valence-electron chi connectivity index (χ0n) is 23.4. The molecule has 0 aliphatic carbocycles. The van der Waals surface area contributed by atoms with Crippen molar-refractivity contribution in [2.45, 2.75) is 0 Å². The van der Waals surface area contributed by atoms with Crippen LogP contribution in [0.1, 0.15) is 57.4 Å². The number of hydrogen-bond donors (Lipinski definition) is 0. The van der Waals surface area contributed by atoms with Gasteiger partial charge in [-0.15, -0.1) is 0 Å². The molecule has 0 bridgehead atoms. The van der Waals surface area contributed by atoms with Crippen LogP contribution >= 0.6 is 0 Å². The number of carbonyl (C=O) groups is 5. The number of ketones is 1. The first-order valence-corrected chi connectivity index (χ1v) is 13.2. The summed E-state index contributed by atoms with van der Waals surface area (Å²) < 4.78 is 0. The Morgan fingerprint density at radius 3 is 1.14 bits per heavy atom. The molecule has 208 valence electrons. The number of hydrogen-bond acceptors (Lipinski definition) is 7. The van der Waals surface area contributed by atoms with Gasteiger partial charge < -0.3 is 9.80 Å². The van der Waals surface area contributed by atoms with Gasteiger partial charge >= 0.3 is 0 Å². The van der Waals surface area contributed by atoms with Gasteiger partial charge in [0, 0.05) is 50.7 Å². The lowest BCUT2D eigenvalue weighted by molar-refractivity contribution is 0.0910. The van der Waals surface area contributed by atoms with E-state index in [0.29, 0.717) is 11.4 Å². The van der Waals surface area contributed by atoms with E-state index in [4.69, 9.17) is 0 Å². The second-order valence-corrected chi connectivity index (χ2v) is 10.6. The number of rotatable bonds is 6. The zero-order chi connectivity index (χ0) is 29.9. The lowest BCUT2D eigenvalue weighted by atomic mass is 9.96. The van der Waals surface area contributed by atoms with Crippen LogP contribution in [0.15, 0.2) is 84.9 Å². The summed E-state index contributed by atoms with van der Waals surface area (Å²) in [6, 6.07) is 22.8. The molecular weight excluding hydrogens is 532 g/mol. The lowest BCUT2D eigenvalue weighted by Gasteiger charge is -2.17. The molecule has 0 saturated heterocycles. The molecule has 0 aromatic heterocycles. The van der Waals surface area contributed by atoms with Crippen molar-refractivity contribution >= 4 is 52.2 Å². The molecule has 2 heterocycles. The fraction of sp³-hybridized carbons (Fsp3) is 0.121. The number of benzene rings is 4. The van der Waals surface area contributed by atoms with Gasteiger partial charge in [0.1, 0.15) is 0 Å². The van der Waals surface area contributed by atoms with Gasteiger partial charge in [0.15, 0.2) is 5.78 Å². The van der Waals surface area contributed by atoms with E-state index in [1.165, 1.54) is 36.4 Å². The number of nitrogens with zero attached hydrogens (tertiary/aromatic N) is 4. The molecule has 4 amide bonds. The smallest absolute Gasteiger partial charge is 0.266 e. The van der Waals surface area contributed by atoms with E-state index in [1.807, 2.05) is 62.3 Å². The first-order valence-electron chi connectivity index (χ1n) is 13.2. The van der Waals surface area contributed by atoms with Gasteiger partial charge in [-0.2, -0.15) is 0 Å². The van der Waals surface area contributed by atoms with Gasteiger partial charge in [-0.3, -0.25) is 24.0 Å². The molecular formula is C33H26N4O5. The van der Waals surface area contributed by atoms with Gasteiger partial charge in [0.25, 0.3) is 23.6 Å². The Bertz CT molecular complexity index is 1690. The average Bonchev–Trinajstić information content (AvgIpc) is 3.40. The van der Waals surface area contributed by atoms with Crippen LogP contribution < -0.4 is 19.6 Å². The number of carbonyl (C=O) groups excluding carboxylic acids is 5. The Balaban J connectivity index is 1.27. The molecule has 0 fully saturated rings. The molecule has 0 unspecified atom stereocenters. The van der Waals surface area contributed by atoms with Crippen LogP contribution in [0.25, 0.3) is 0 Å². The summed E-state index contributed by atoms with van der Waals surface area (Å²) in [5.41, 5.74) is 3.75. The second kappa shape index (κ2) is 9.81. The normalized spacial score (nSPS) is 13.9. The van der Waals surface area contributed by atoms with Gasteiger partial charge in [0.2, 0.25) is 0 Å². The Kier molecular flexibility index (Phi) is 6.22. The molecule has 9 heteroatoms. The van der Waals surface area contributed by atoms with Crippen molar-refractivity contribution in [3.63, 3.8) is 0 Å². The highest BCUT2D eigenvalue weighted by Crippen LogP contribution is 2.33. The molecule has 4 aromatic rings. The van der Waals surface area contributed by atoms with E-state index >= 15 is 0 Å².